The zero-order valence-electron chi connectivity index (χ0n) is 17.3. The summed E-state index contributed by atoms with van der Waals surface area (Å²) in [7, 11) is 0. The number of carbonyl (C=O) groups is 1. The van der Waals surface area contributed by atoms with Gasteiger partial charge >= 0.3 is 0 Å². The number of benzene rings is 1. The van der Waals surface area contributed by atoms with Gasteiger partial charge in [-0.15, -0.1) is 0 Å². The number of aryl methyl sites for hydroxylation is 1. The standard InChI is InChI=1S/C22H27N5O/c1-14(2)20-13-19(26-27(20)22(4,5)6)21(28)25-17-9-7-8-16(12-17)18-10-11-23-15(3)24-18/h7-14H,1-6H3,(H,25,28). The first-order valence-corrected chi connectivity index (χ1v) is 9.47. The third kappa shape index (κ3) is 4.27. The van der Waals surface area contributed by atoms with Gasteiger partial charge in [0.2, 0.25) is 0 Å². The molecule has 0 atom stereocenters. The highest BCUT2D eigenvalue weighted by Gasteiger charge is 2.23. The van der Waals surface area contributed by atoms with Crippen molar-refractivity contribution in [1.29, 1.82) is 0 Å². The molecule has 146 valence electrons. The highest BCUT2D eigenvalue weighted by Crippen LogP contribution is 2.25. The van der Waals surface area contributed by atoms with Crippen LogP contribution >= 0.6 is 0 Å². The fourth-order valence-electron chi connectivity index (χ4n) is 3.02. The number of aromatic nitrogens is 4. The van der Waals surface area contributed by atoms with Gasteiger partial charge in [0.1, 0.15) is 5.82 Å². The van der Waals surface area contributed by atoms with Crippen LogP contribution in [0.1, 0.15) is 62.5 Å². The maximum atomic E-state index is 12.8. The summed E-state index contributed by atoms with van der Waals surface area (Å²) in [4.78, 5) is 21.4. The zero-order chi connectivity index (χ0) is 20.5. The highest BCUT2D eigenvalue weighted by atomic mass is 16.2. The monoisotopic (exact) mass is 377 g/mol. The third-order valence-electron chi connectivity index (χ3n) is 4.39. The molecule has 2 heterocycles. The highest BCUT2D eigenvalue weighted by molar-refractivity contribution is 6.03. The van der Waals surface area contributed by atoms with Crippen LogP contribution < -0.4 is 5.32 Å². The summed E-state index contributed by atoms with van der Waals surface area (Å²) in [6, 6.07) is 11.4. The fraction of sp³-hybridized carbons (Fsp3) is 0.364. The van der Waals surface area contributed by atoms with Gasteiger partial charge in [-0.05, 0) is 57.9 Å². The molecule has 28 heavy (non-hydrogen) atoms. The second-order valence-electron chi connectivity index (χ2n) is 8.22. The van der Waals surface area contributed by atoms with Crippen molar-refractivity contribution in [2.45, 2.75) is 53.0 Å². The molecule has 0 fully saturated rings. The number of rotatable bonds is 4. The van der Waals surface area contributed by atoms with Crippen LogP contribution in [-0.2, 0) is 5.54 Å². The van der Waals surface area contributed by atoms with E-state index in [4.69, 9.17) is 0 Å². The number of anilines is 1. The van der Waals surface area contributed by atoms with Crippen LogP contribution in [0, 0.1) is 6.92 Å². The van der Waals surface area contributed by atoms with Crippen LogP contribution in [0.3, 0.4) is 0 Å². The molecule has 0 bridgehead atoms. The molecule has 0 saturated carbocycles. The van der Waals surface area contributed by atoms with Crippen molar-refractivity contribution in [2.75, 3.05) is 5.32 Å². The Bertz CT molecular complexity index is 998. The Hall–Kier alpha value is -3.02. The maximum Gasteiger partial charge on any atom is 0.276 e. The molecule has 0 spiro atoms. The molecule has 2 aromatic heterocycles. The minimum atomic E-state index is -0.221. The molecule has 0 unspecified atom stereocenters. The van der Waals surface area contributed by atoms with Gasteiger partial charge in [0.15, 0.2) is 5.69 Å². The van der Waals surface area contributed by atoms with Crippen LogP contribution in [0.15, 0.2) is 42.6 Å². The van der Waals surface area contributed by atoms with Crippen LogP contribution in [0.25, 0.3) is 11.3 Å². The fourth-order valence-corrected chi connectivity index (χ4v) is 3.02. The molecular weight excluding hydrogens is 350 g/mol. The second kappa shape index (κ2) is 7.54. The summed E-state index contributed by atoms with van der Waals surface area (Å²) < 4.78 is 1.94. The summed E-state index contributed by atoms with van der Waals surface area (Å²) in [5.41, 5.74) is 3.72. The Balaban J connectivity index is 1.87. The molecule has 0 aliphatic rings. The Morgan fingerprint density at radius 2 is 1.89 bits per heavy atom. The molecule has 3 aromatic rings. The molecule has 1 amide bonds. The average Bonchev–Trinajstić information content (AvgIpc) is 3.08. The zero-order valence-corrected chi connectivity index (χ0v) is 17.3. The van der Waals surface area contributed by atoms with Crippen molar-refractivity contribution in [3.63, 3.8) is 0 Å². The van der Waals surface area contributed by atoms with Gasteiger partial charge in [0.25, 0.3) is 5.91 Å². The molecule has 6 nitrogen and oxygen atoms in total. The Kier molecular flexibility index (Phi) is 5.31. The lowest BCUT2D eigenvalue weighted by Gasteiger charge is -2.23. The van der Waals surface area contributed by atoms with E-state index in [1.807, 2.05) is 48.0 Å². The molecule has 3 rings (SSSR count). The molecule has 0 aliphatic carbocycles. The van der Waals surface area contributed by atoms with Gasteiger partial charge < -0.3 is 5.32 Å². The van der Waals surface area contributed by atoms with Crippen LogP contribution in [0.2, 0.25) is 0 Å². The van der Waals surface area contributed by atoms with Gasteiger partial charge in [-0.3, -0.25) is 9.48 Å². The smallest absolute Gasteiger partial charge is 0.276 e. The quantitative estimate of drug-likeness (QED) is 0.710. The van der Waals surface area contributed by atoms with E-state index >= 15 is 0 Å². The van der Waals surface area contributed by atoms with Gasteiger partial charge in [-0.25, -0.2) is 9.97 Å². The van der Waals surface area contributed by atoms with Crippen molar-refractivity contribution >= 4 is 11.6 Å². The van der Waals surface area contributed by atoms with E-state index in [1.54, 1.807) is 6.20 Å². The minimum Gasteiger partial charge on any atom is -0.321 e. The first kappa shape index (κ1) is 19.7. The van der Waals surface area contributed by atoms with E-state index in [1.165, 1.54) is 0 Å². The Labute approximate surface area is 166 Å². The molecule has 1 aromatic carbocycles. The average molecular weight is 377 g/mol. The number of carbonyl (C=O) groups excluding carboxylic acids is 1. The van der Waals surface area contributed by atoms with Gasteiger partial charge in [0.05, 0.1) is 11.2 Å². The Morgan fingerprint density at radius 3 is 2.50 bits per heavy atom. The summed E-state index contributed by atoms with van der Waals surface area (Å²) in [5.74, 6) is 0.763. The molecule has 1 N–H and O–H groups in total. The first-order chi connectivity index (χ1) is 13.1. The van der Waals surface area contributed by atoms with Crippen molar-refractivity contribution in [3.8, 4) is 11.3 Å². The molecular formula is C22H27N5O. The lowest BCUT2D eigenvalue weighted by Crippen LogP contribution is -2.26. The van der Waals surface area contributed by atoms with E-state index in [0.717, 1.165) is 17.0 Å². The SMILES string of the molecule is Cc1nccc(-c2cccc(NC(=O)c3cc(C(C)C)n(C(C)(C)C)n3)c2)n1. The van der Waals surface area contributed by atoms with Crippen molar-refractivity contribution in [3.05, 3.63) is 59.8 Å². The predicted molar refractivity (Wildman–Crippen MR) is 111 cm³/mol. The van der Waals surface area contributed by atoms with E-state index in [-0.39, 0.29) is 17.4 Å². The van der Waals surface area contributed by atoms with Crippen LogP contribution in [0.5, 0.6) is 0 Å². The maximum absolute atomic E-state index is 12.8. The topological polar surface area (TPSA) is 72.7 Å². The lowest BCUT2D eigenvalue weighted by molar-refractivity contribution is 0.102. The first-order valence-electron chi connectivity index (χ1n) is 9.47. The van der Waals surface area contributed by atoms with Crippen molar-refractivity contribution < 1.29 is 4.79 Å². The van der Waals surface area contributed by atoms with Crippen LogP contribution in [-0.4, -0.2) is 25.7 Å². The van der Waals surface area contributed by atoms with Gasteiger partial charge in [-0.1, -0.05) is 26.0 Å². The largest absolute Gasteiger partial charge is 0.321 e. The van der Waals surface area contributed by atoms with Crippen molar-refractivity contribution in [2.24, 2.45) is 0 Å². The molecule has 0 radical (unpaired) electrons. The summed E-state index contributed by atoms with van der Waals surface area (Å²) >= 11 is 0. The normalized spacial score (nSPS) is 11.7. The predicted octanol–water partition coefficient (Wildman–Crippen LogP) is 4.78. The van der Waals surface area contributed by atoms with E-state index in [0.29, 0.717) is 17.2 Å². The number of amides is 1. The van der Waals surface area contributed by atoms with E-state index < -0.39 is 0 Å². The lowest BCUT2D eigenvalue weighted by atomic mass is 10.1. The van der Waals surface area contributed by atoms with Crippen LogP contribution in [0.4, 0.5) is 5.69 Å². The van der Waals surface area contributed by atoms with E-state index in [2.05, 4.69) is 55.0 Å². The van der Waals surface area contributed by atoms with Crippen molar-refractivity contribution in [1.82, 2.24) is 19.7 Å². The van der Waals surface area contributed by atoms with Gasteiger partial charge in [0, 0.05) is 23.1 Å². The molecule has 6 heteroatoms. The van der Waals surface area contributed by atoms with Gasteiger partial charge in [-0.2, -0.15) is 5.10 Å². The minimum absolute atomic E-state index is 0.192. The molecule has 0 aliphatic heterocycles. The Morgan fingerprint density at radius 1 is 1.14 bits per heavy atom. The second-order valence-corrected chi connectivity index (χ2v) is 8.22. The summed E-state index contributed by atoms with van der Waals surface area (Å²) in [6.45, 7) is 12.3. The number of nitrogens with zero attached hydrogens (tertiary/aromatic N) is 4. The summed E-state index contributed by atoms with van der Waals surface area (Å²) in [6.07, 6.45) is 1.73. The number of hydrogen-bond acceptors (Lipinski definition) is 4. The number of nitrogens with one attached hydrogen (secondary N) is 1. The van der Waals surface area contributed by atoms with E-state index in [9.17, 15) is 4.79 Å². The summed E-state index contributed by atoms with van der Waals surface area (Å²) in [5, 5.41) is 7.53. The third-order valence-corrected chi connectivity index (χ3v) is 4.39. The number of hydrogen-bond donors (Lipinski definition) is 1. The molecule has 0 saturated heterocycles.